The van der Waals surface area contributed by atoms with Gasteiger partial charge in [-0.1, -0.05) is 0 Å². The van der Waals surface area contributed by atoms with Gasteiger partial charge in [0.05, 0.1) is 0 Å². The quantitative estimate of drug-likeness (QED) is 0.294. The third-order valence-corrected chi connectivity index (χ3v) is 0. The number of halogens is 4. The lowest BCUT2D eigenvalue weighted by Crippen LogP contribution is -0.381. The van der Waals surface area contributed by atoms with Crippen LogP contribution in [-0.2, 0) is 0 Å². The molecule has 0 bridgehead atoms. The lowest BCUT2D eigenvalue weighted by Gasteiger charge is -0.270. The molecule has 5 heteroatoms. The topological polar surface area (TPSA) is 0 Å². The van der Waals surface area contributed by atoms with Crippen molar-refractivity contribution in [3.05, 3.63) is 0 Å². The van der Waals surface area contributed by atoms with Crippen LogP contribution in [0.15, 0.2) is 0 Å². The molecule has 0 amide bonds. The van der Waals surface area contributed by atoms with Crippen molar-refractivity contribution in [3.63, 3.8) is 0 Å². The molecule has 0 saturated carbocycles. The number of hydrogen-bond donors (Lipinski definition) is 0. The van der Waals surface area contributed by atoms with Gasteiger partial charge in [-0.25, -0.2) is 0 Å². The molecule has 0 N–H and O–H groups in total. The Bertz CT molecular complexity index is 3.61. The molecule has 0 aliphatic heterocycles. The zero-order valence-electron chi connectivity index (χ0n) is 1.63. The van der Waals surface area contributed by atoms with E-state index < -0.39 is 0 Å². The average Bonchev–Trinajstić information content (AvgIpc) is 0. The summed E-state index contributed by atoms with van der Waals surface area (Å²) in [6.07, 6.45) is 0. The minimum absolute atomic E-state index is 0. The fourth-order valence-electron chi connectivity index (χ4n) is 0. The molecule has 36 valence electrons. The molecule has 0 rings (SSSR count). The van der Waals surface area contributed by atoms with Crippen LogP contribution in [0.4, 0.5) is 18.8 Å². The van der Waals surface area contributed by atoms with E-state index in [0.717, 1.165) is 0 Å². The van der Waals surface area contributed by atoms with Crippen molar-refractivity contribution in [2.45, 2.75) is 0 Å². The molecule has 0 nitrogen and oxygen atoms in total. The first kappa shape index (κ1) is 467. The van der Waals surface area contributed by atoms with Crippen LogP contribution in [0.1, 0.15) is 0 Å². The zero-order chi connectivity index (χ0) is 0. The van der Waals surface area contributed by atoms with Crippen LogP contribution < -0.4 is 0 Å². The normalized spacial score (nSPS) is 0. The molecule has 5 heavy (non-hydrogen) atoms. The van der Waals surface area contributed by atoms with Gasteiger partial charge < -0.3 is 0 Å². The van der Waals surface area contributed by atoms with Crippen molar-refractivity contribution in [2.75, 3.05) is 0 Å². The van der Waals surface area contributed by atoms with E-state index in [1.807, 2.05) is 0 Å². The summed E-state index contributed by atoms with van der Waals surface area (Å²) in [4.78, 5) is 0. The van der Waals surface area contributed by atoms with Gasteiger partial charge in [-0.05, 0) is 0 Å². The van der Waals surface area contributed by atoms with Crippen LogP contribution in [0.2, 0.25) is 0 Å². The fourth-order valence-corrected chi connectivity index (χ4v) is 0. The van der Waals surface area contributed by atoms with E-state index in [2.05, 4.69) is 0 Å². The predicted molar refractivity (Wildman–Crippen MR) is 18.6 cm³/mol. The summed E-state index contributed by atoms with van der Waals surface area (Å²) < 4.78 is 0. The van der Waals surface area contributed by atoms with Crippen molar-refractivity contribution < 1.29 is 18.8 Å². The zero-order valence-corrected chi connectivity index (χ0v) is 1.63. The van der Waals surface area contributed by atoms with Crippen LogP contribution in [0, 0.1) is 0 Å². The first-order valence-corrected chi connectivity index (χ1v) is 0. The Kier molecular flexibility index (Phi) is 21500. The maximum Gasteiger partial charge on any atom is 0.316 e. The highest BCUT2D eigenvalue weighted by Crippen LogP contribution is 0.423. The van der Waals surface area contributed by atoms with Gasteiger partial charge >= 0.3 is 23.1 Å². The highest BCUT2D eigenvalue weighted by molar-refractivity contribution is 5.75. The second-order valence-corrected chi connectivity index (χ2v) is 0. The number of hydrogen-bond acceptors (Lipinski definition) is 0. The molecule has 0 aliphatic carbocycles. The summed E-state index contributed by atoms with van der Waals surface area (Å²) in [5.74, 6) is 0. The average molecular weight is 106 g/mol. The van der Waals surface area contributed by atoms with E-state index >= 15 is 0 Å². The van der Waals surface area contributed by atoms with E-state index in [1.165, 1.54) is 0 Å². The molecule has 0 aromatic rings. The monoisotopic (exact) mass is 106 g/mol. The van der Waals surface area contributed by atoms with Gasteiger partial charge in [0, 0.05) is 0 Å². The van der Waals surface area contributed by atoms with Crippen molar-refractivity contribution in [2.24, 2.45) is 0 Å². The van der Waals surface area contributed by atoms with E-state index in [4.69, 9.17) is 0 Å². The van der Waals surface area contributed by atoms with Crippen LogP contribution >= 0.6 is 0 Å². The molecule has 0 aliphatic rings. The van der Waals surface area contributed by atoms with Gasteiger partial charge in [0.1, 0.15) is 0 Å². The molecule has 0 saturated heterocycles. The second-order valence-electron chi connectivity index (χ2n) is 0. The van der Waals surface area contributed by atoms with Gasteiger partial charge in [0.15, 0.2) is 0 Å². The van der Waals surface area contributed by atoms with Crippen LogP contribution in [-0.4, -0.2) is 23.1 Å². The van der Waals surface area contributed by atoms with Crippen LogP contribution in [0.3, 0.4) is 0 Å². The Morgan fingerprint density at radius 2 is 0.400 bits per heavy atom. The van der Waals surface area contributed by atoms with Crippen molar-refractivity contribution >= 4 is 23.1 Å². The van der Waals surface area contributed by atoms with Gasteiger partial charge in [-0.3, -0.25) is 18.8 Å². The van der Waals surface area contributed by atoms with E-state index in [-0.39, 0.29) is 41.9 Å². The lowest BCUT2D eigenvalue weighted by molar-refractivity contribution is 1.11. The molecule has 0 unspecified atom stereocenters. The third-order valence-electron chi connectivity index (χ3n) is 0. The standard InChI is InChI=1S/4FH.Mg.2H/h4*1H;;;. The molecule has 0 heterocycles. The Balaban J connectivity index is 0. The fraction of sp³-hybridized carbons (Fsp3) is 0. The summed E-state index contributed by atoms with van der Waals surface area (Å²) in [7, 11) is 0. The second kappa shape index (κ2) is 231. The van der Waals surface area contributed by atoms with Crippen LogP contribution in [0.25, 0.3) is 0 Å². The molecule has 0 aromatic heterocycles. The highest BCUT2D eigenvalue weighted by Gasteiger charge is 0.316. The van der Waals surface area contributed by atoms with E-state index in [1.54, 1.807) is 0 Å². The molecule has 0 fully saturated rings. The van der Waals surface area contributed by atoms with Gasteiger partial charge in [0.25, 0.3) is 0 Å². The maximum absolute atomic E-state index is 0. The molecular formula is H6F4Mg. The third kappa shape index (κ3) is 117. The first-order valence-electron chi connectivity index (χ1n) is 0. The molecule has 0 radical (unpaired) electrons. The van der Waals surface area contributed by atoms with Crippen molar-refractivity contribution in [3.8, 4) is 0 Å². The Hall–Kier alpha value is 0.486. The molecular weight excluding hydrogens is 100 g/mol. The lowest BCUT2D eigenvalue weighted by atomic mass is 19.0. The molecule has 0 aromatic carbocycles. The summed E-state index contributed by atoms with van der Waals surface area (Å²) in [5.41, 5.74) is 0. The minimum atomic E-state index is 0. The van der Waals surface area contributed by atoms with Crippen LogP contribution in [0.5, 0.6) is 0 Å². The van der Waals surface area contributed by atoms with Gasteiger partial charge in [-0.15, -0.1) is 0 Å². The Morgan fingerprint density at radius 3 is 0.400 bits per heavy atom. The largest absolute Gasteiger partial charge is 0.316 e. The van der Waals surface area contributed by atoms with Crippen molar-refractivity contribution in [1.29, 1.82) is 0 Å². The predicted octanol–water partition coefficient (Wildman–Crippen LogP) is -0.306. The Labute approximate surface area is 42.6 Å². The minimum Gasteiger partial charge on any atom is -0.269 e. The highest BCUT2D eigenvalue weighted by atomic mass is 24.3. The summed E-state index contributed by atoms with van der Waals surface area (Å²) in [6.45, 7) is 0. The Morgan fingerprint density at radius 1 is 0.400 bits per heavy atom. The SMILES string of the molecule is F.F.F.F.[MgH2]. The summed E-state index contributed by atoms with van der Waals surface area (Å²) in [5, 5.41) is 0. The summed E-state index contributed by atoms with van der Waals surface area (Å²) >= 11 is 0. The first-order chi connectivity index (χ1) is 0. The molecule has 0 spiro atoms. The van der Waals surface area contributed by atoms with E-state index in [0.29, 0.717) is 0 Å². The summed E-state index contributed by atoms with van der Waals surface area (Å²) in [6, 6.07) is 0. The van der Waals surface area contributed by atoms with Gasteiger partial charge in [-0.2, -0.15) is 0 Å². The molecule has 0 atom stereocenters. The van der Waals surface area contributed by atoms with Crippen molar-refractivity contribution in [1.82, 2.24) is 0 Å². The van der Waals surface area contributed by atoms with Gasteiger partial charge in [0.2, 0.25) is 0 Å². The maximum atomic E-state index is 0. The number of rotatable bonds is 0. The smallest absolute Gasteiger partial charge is 0.269 e. The van der Waals surface area contributed by atoms with E-state index in [9.17, 15) is 0 Å².